The number of ether oxygens (including phenoxy) is 1. The predicted octanol–water partition coefficient (Wildman–Crippen LogP) is 3.87. The van der Waals surface area contributed by atoms with E-state index in [-0.39, 0.29) is 18.1 Å². The van der Waals surface area contributed by atoms with E-state index in [1.807, 2.05) is 5.32 Å². The minimum Gasteiger partial charge on any atom is -0.488 e. The van der Waals surface area contributed by atoms with Crippen molar-refractivity contribution >= 4 is 19.8 Å². The van der Waals surface area contributed by atoms with Gasteiger partial charge in [0.1, 0.15) is 0 Å². The topological polar surface area (TPSA) is 55.4 Å². The molecule has 1 N–H and O–H groups in total. The van der Waals surface area contributed by atoms with Gasteiger partial charge >= 0.3 is 12.1 Å². The van der Waals surface area contributed by atoms with Crippen molar-refractivity contribution in [3.8, 4) is 0 Å². The van der Waals surface area contributed by atoms with Crippen molar-refractivity contribution in [3.05, 3.63) is 11.5 Å². The molecule has 0 unspecified atom stereocenters. The molecule has 0 saturated heterocycles. The lowest BCUT2D eigenvalue weighted by molar-refractivity contribution is -0.173. The molecular weight excluding hydrogens is 327 g/mol. The van der Waals surface area contributed by atoms with Crippen molar-refractivity contribution in [2.24, 2.45) is 5.41 Å². The second kappa shape index (κ2) is 7.50. The molecule has 0 fully saturated rings. The first-order chi connectivity index (χ1) is 10.1. The van der Waals surface area contributed by atoms with E-state index in [0.29, 0.717) is 0 Å². The third-order valence-corrected chi connectivity index (χ3v) is 4.60. The van der Waals surface area contributed by atoms with Crippen molar-refractivity contribution < 1.29 is 27.5 Å². The molecule has 23 heavy (non-hydrogen) atoms. The van der Waals surface area contributed by atoms with Gasteiger partial charge in [0.25, 0.3) is 0 Å². The maximum Gasteiger partial charge on any atom is 0.471 e. The average molecular weight is 353 g/mol. The lowest BCUT2D eigenvalue weighted by atomic mass is 9.90. The smallest absolute Gasteiger partial charge is 0.471 e. The highest BCUT2D eigenvalue weighted by Gasteiger charge is 2.41. The van der Waals surface area contributed by atoms with Gasteiger partial charge in [-0.1, -0.05) is 40.4 Å². The van der Waals surface area contributed by atoms with Gasteiger partial charge in [-0.15, -0.1) is 0 Å². The summed E-state index contributed by atoms with van der Waals surface area (Å²) < 4.78 is 43.0. The van der Waals surface area contributed by atoms with Crippen LogP contribution in [0.5, 0.6) is 0 Å². The summed E-state index contributed by atoms with van der Waals surface area (Å²) in [6, 6.07) is 0.744. The molecule has 0 radical (unpaired) electrons. The molecule has 0 rings (SSSR count). The van der Waals surface area contributed by atoms with Crippen LogP contribution in [0.25, 0.3) is 0 Å². The number of ketones is 1. The van der Waals surface area contributed by atoms with Crippen molar-refractivity contribution in [1.29, 1.82) is 0 Å². The molecule has 0 aromatic rings. The predicted molar refractivity (Wildman–Crippen MR) is 85.5 cm³/mol. The van der Waals surface area contributed by atoms with Gasteiger partial charge in [0.15, 0.2) is 11.5 Å². The van der Waals surface area contributed by atoms with E-state index in [9.17, 15) is 22.8 Å². The van der Waals surface area contributed by atoms with Crippen LogP contribution in [0.2, 0.25) is 25.7 Å². The Morgan fingerprint density at radius 2 is 1.57 bits per heavy atom. The molecule has 0 aromatic heterocycles. The summed E-state index contributed by atoms with van der Waals surface area (Å²) in [6.07, 6.45) is -5.03. The molecule has 0 bridgehead atoms. The number of amides is 1. The van der Waals surface area contributed by atoms with E-state index in [1.165, 1.54) is 6.92 Å². The third kappa shape index (κ3) is 8.20. The quantitative estimate of drug-likeness (QED) is 0.448. The summed E-state index contributed by atoms with van der Waals surface area (Å²) in [4.78, 5) is 23.1. The molecule has 0 aliphatic heterocycles. The zero-order valence-corrected chi connectivity index (χ0v) is 15.8. The van der Waals surface area contributed by atoms with Gasteiger partial charge in [-0.05, 0) is 6.04 Å². The average Bonchev–Trinajstić information content (AvgIpc) is 2.27. The van der Waals surface area contributed by atoms with Gasteiger partial charge in [0, 0.05) is 20.4 Å². The molecule has 0 aliphatic rings. The van der Waals surface area contributed by atoms with Crippen LogP contribution < -0.4 is 5.32 Å². The molecule has 1 amide bonds. The molecule has 0 aliphatic carbocycles. The van der Waals surface area contributed by atoms with Gasteiger partial charge in [0.2, 0.25) is 0 Å². The SMILES string of the molecule is CC(=O)/C(OCC[Si](C)(C)C)=C(\NC(=O)C(F)(F)F)C(C)(C)C. The minimum atomic E-state index is -5.03. The largest absolute Gasteiger partial charge is 0.488 e. The number of carbonyl (C=O) groups excluding carboxylic acids is 2. The molecule has 134 valence electrons. The molecule has 0 atom stereocenters. The van der Waals surface area contributed by atoms with Crippen LogP contribution in [0.15, 0.2) is 11.5 Å². The van der Waals surface area contributed by atoms with E-state index in [1.54, 1.807) is 20.8 Å². The second-order valence-corrected chi connectivity index (χ2v) is 13.2. The van der Waals surface area contributed by atoms with Crippen LogP contribution in [-0.2, 0) is 14.3 Å². The van der Waals surface area contributed by atoms with Crippen molar-refractivity contribution in [2.45, 2.75) is 59.6 Å². The van der Waals surface area contributed by atoms with E-state index in [4.69, 9.17) is 4.74 Å². The minimum absolute atomic E-state index is 0.150. The molecular formula is C15H26F3NO3Si. The van der Waals surface area contributed by atoms with Crippen LogP contribution in [0, 0.1) is 5.41 Å². The first-order valence-corrected chi connectivity index (χ1v) is 11.0. The lowest BCUT2D eigenvalue weighted by Crippen LogP contribution is -2.41. The van der Waals surface area contributed by atoms with Gasteiger partial charge in [0.05, 0.1) is 12.3 Å². The number of carbonyl (C=O) groups is 2. The lowest BCUT2D eigenvalue weighted by Gasteiger charge is -2.27. The van der Waals surface area contributed by atoms with Crippen LogP contribution >= 0.6 is 0 Å². The second-order valence-electron chi connectivity index (χ2n) is 7.62. The van der Waals surface area contributed by atoms with Crippen molar-refractivity contribution in [2.75, 3.05) is 6.61 Å². The fraction of sp³-hybridized carbons (Fsp3) is 0.733. The molecule has 4 nitrogen and oxygen atoms in total. The Morgan fingerprint density at radius 1 is 1.09 bits per heavy atom. The van der Waals surface area contributed by atoms with Crippen LogP contribution in [0.3, 0.4) is 0 Å². The van der Waals surface area contributed by atoms with Gasteiger partial charge in [-0.3, -0.25) is 9.59 Å². The maximum atomic E-state index is 12.5. The Bertz CT molecular complexity index is 486. The fourth-order valence-corrected chi connectivity index (χ4v) is 2.29. The number of allylic oxidation sites excluding steroid dienone is 2. The van der Waals surface area contributed by atoms with Gasteiger partial charge in [-0.25, -0.2) is 0 Å². The monoisotopic (exact) mass is 353 g/mol. The van der Waals surface area contributed by atoms with E-state index < -0.39 is 31.4 Å². The first-order valence-electron chi connectivity index (χ1n) is 7.32. The highest BCUT2D eigenvalue weighted by Crippen LogP contribution is 2.29. The molecule has 0 aromatic carbocycles. The Hall–Kier alpha value is -1.31. The van der Waals surface area contributed by atoms with E-state index in [2.05, 4.69) is 19.6 Å². The number of halogens is 3. The number of alkyl halides is 3. The number of hydrogen-bond acceptors (Lipinski definition) is 3. The summed E-state index contributed by atoms with van der Waals surface area (Å²) in [5, 5.41) is 1.81. The highest BCUT2D eigenvalue weighted by atomic mass is 28.3. The Labute approximate surface area is 136 Å². The van der Waals surface area contributed by atoms with Crippen LogP contribution in [-0.4, -0.2) is 32.5 Å². The number of nitrogens with one attached hydrogen (secondary N) is 1. The Morgan fingerprint density at radius 3 is 1.87 bits per heavy atom. The summed E-state index contributed by atoms with van der Waals surface area (Å²) in [5.41, 5.74) is -1.04. The van der Waals surface area contributed by atoms with Crippen molar-refractivity contribution in [1.82, 2.24) is 5.32 Å². The fourth-order valence-electron chi connectivity index (χ4n) is 1.58. The summed E-state index contributed by atoms with van der Waals surface area (Å²) in [5.74, 6) is -2.85. The number of rotatable bonds is 6. The Balaban J connectivity index is 5.58. The zero-order valence-electron chi connectivity index (χ0n) is 14.8. The zero-order chi connectivity index (χ0) is 18.6. The highest BCUT2D eigenvalue weighted by molar-refractivity contribution is 6.76. The normalized spacial score (nSPS) is 14.2. The van der Waals surface area contributed by atoms with Crippen molar-refractivity contribution in [3.63, 3.8) is 0 Å². The summed E-state index contributed by atoms with van der Waals surface area (Å²) in [6.45, 7) is 12.6. The van der Waals surface area contributed by atoms with E-state index in [0.717, 1.165) is 6.04 Å². The number of hydrogen-bond donors (Lipinski definition) is 1. The summed E-state index contributed by atoms with van der Waals surface area (Å²) >= 11 is 0. The standard InChI is InChI=1S/C15H26F3NO3Si/c1-10(20)11(22-8-9-23(5,6)7)12(14(2,3)4)19-13(21)15(16,17)18/h8-9H2,1-7H3,(H,19,21)/b12-11+. The molecule has 0 saturated carbocycles. The first kappa shape index (κ1) is 21.7. The van der Waals surface area contributed by atoms with Crippen LogP contribution in [0.4, 0.5) is 13.2 Å². The molecule has 0 spiro atoms. The molecule has 8 heteroatoms. The third-order valence-electron chi connectivity index (χ3n) is 2.89. The number of Topliss-reactive ketones (excluding diaryl/α,β-unsaturated/α-hetero) is 1. The Kier molecular flexibility index (Phi) is 7.08. The van der Waals surface area contributed by atoms with Crippen LogP contribution in [0.1, 0.15) is 27.7 Å². The summed E-state index contributed by atoms with van der Waals surface area (Å²) in [7, 11) is -1.43. The van der Waals surface area contributed by atoms with Gasteiger partial charge < -0.3 is 10.1 Å². The maximum absolute atomic E-state index is 12.5. The van der Waals surface area contributed by atoms with E-state index >= 15 is 0 Å². The van der Waals surface area contributed by atoms with Gasteiger partial charge in [-0.2, -0.15) is 13.2 Å². The molecule has 0 heterocycles.